The molecule has 0 rings (SSSR count). The van der Waals surface area contributed by atoms with Crippen LogP contribution in [0, 0.1) is 0 Å². The smallest absolute Gasteiger partial charge is 0.00490 e. The van der Waals surface area contributed by atoms with Crippen molar-refractivity contribution >= 4 is 12.6 Å². The molecule has 0 spiro atoms. The second-order valence-electron chi connectivity index (χ2n) is 2.14. The number of nitrogens with one attached hydrogen (secondary N) is 1. The molecule has 0 saturated carbocycles. The maximum absolute atomic E-state index is 4.13. The van der Waals surface area contributed by atoms with E-state index in [1.165, 1.54) is 25.8 Å². The Kier molecular flexibility index (Phi) is 8.60. The first-order valence-electron chi connectivity index (χ1n) is 3.73. The zero-order valence-electron chi connectivity index (χ0n) is 6.19. The first-order valence-corrected chi connectivity index (χ1v) is 4.36. The first kappa shape index (κ1) is 9.31. The van der Waals surface area contributed by atoms with Crippen LogP contribution in [-0.2, 0) is 0 Å². The molecule has 0 aliphatic heterocycles. The van der Waals surface area contributed by atoms with Gasteiger partial charge in [-0.3, -0.25) is 0 Å². The van der Waals surface area contributed by atoms with Crippen molar-refractivity contribution in [2.24, 2.45) is 0 Å². The molecular formula is C7H17NS. The average molecular weight is 147 g/mol. The van der Waals surface area contributed by atoms with Crippen molar-refractivity contribution in [1.29, 1.82) is 0 Å². The van der Waals surface area contributed by atoms with Gasteiger partial charge in [-0.05, 0) is 31.7 Å². The molecule has 0 aromatic rings. The lowest BCUT2D eigenvalue weighted by Crippen LogP contribution is -2.13. The molecule has 0 unspecified atom stereocenters. The molecule has 2 heteroatoms. The van der Waals surface area contributed by atoms with Crippen LogP contribution in [0.2, 0.25) is 0 Å². The van der Waals surface area contributed by atoms with Gasteiger partial charge in [0.15, 0.2) is 0 Å². The van der Waals surface area contributed by atoms with Crippen LogP contribution in [-0.4, -0.2) is 18.8 Å². The highest BCUT2D eigenvalue weighted by Gasteiger charge is 1.84. The summed E-state index contributed by atoms with van der Waals surface area (Å²) in [6, 6.07) is 0. The summed E-state index contributed by atoms with van der Waals surface area (Å²) in [4.78, 5) is 0. The third kappa shape index (κ3) is 8.31. The van der Waals surface area contributed by atoms with Gasteiger partial charge in [-0.2, -0.15) is 12.6 Å². The van der Waals surface area contributed by atoms with Crippen LogP contribution in [0.25, 0.3) is 0 Å². The molecular weight excluding hydrogens is 130 g/mol. The fourth-order valence-electron chi connectivity index (χ4n) is 0.715. The summed E-state index contributed by atoms with van der Waals surface area (Å²) in [6.45, 7) is 4.41. The SMILES string of the molecule is CCNCCCCCS. The summed E-state index contributed by atoms with van der Waals surface area (Å²) in [6.07, 6.45) is 3.87. The van der Waals surface area contributed by atoms with Crippen molar-refractivity contribution in [2.75, 3.05) is 18.8 Å². The van der Waals surface area contributed by atoms with Gasteiger partial charge in [0.05, 0.1) is 0 Å². The lowest BCUT2D eigenvalue weighted by Gasteiger charge is -1.98. The molecule has 0 atom stereocenters. The molecule has 0 aromatic heterocycles. The van der Waals surface area contributed by atoms with Gasteiger partial charge in [0.2, 0.25) is 0 Å². The molecule has 0 bridgehead atoms. The van der Waals surface area contributed by atoms with Gasteiger partial charge in [-0.1, -0.05) is 13.3 Å². The second-order valence-corrected chi connectivity index (χ2v) is 2.59. The molecule has 0 amide bonds. The molecule has 0 aliphatic rings. The molecule has 1 N–H and O–H groups in total. The minimum Gasteiger partial charge on any atom is -0.317 e. The van der Waals surface area contributed by atoms with Crippen molar-refractivity contribution < 1.29 is 0 Å². The summed E-state index contributed by atoms with van der Waals surface area (Å²) >= 11 is 4.13. The van der Waals surface area contributed by atoms with Crippen LogP contribution in [0.4, 0.5) is 0 Å². The number of thiol groups is 1. The van der Waals surface area contributed by atoms with Gasteiger partial charge in [0.25, 0.3) is 0 Å². The minimum atomic E-state index is 1.03. The number of unbranched alkanes of at least 4 members (excludes halogenated alkanes) is 2. The van der Waals surface area contributed by atoms with Gasteiger partial charge in [-0.25, -0.2) is 0 Å². The fourth-order valence-corrected chi connectivity index (χ4v) is 0.939. The molecule has 9 heavy (non-hydrogen) atoms. The zero-order chi connectivity index (χ0) is 6.95. The number of hydrogen-bond acceptors (Lipinski definition) is 2. The van der Waals surface area contributed by atoms with Crippen LogP contribution < -0.4 is 5.32 Å². The van der Waals surface area contributed by atoms with E-state index in [1.54, 1.807) is 0 Å². The molecule has 56 valence electrons. The molecule has 0 aliphatic carbocycles. The van der Waals surface area contributed by atoms with E-state index in [4.69, 9.17) is 0 Å². The van der Waals surface area contributed by atoms with Gasteiger partial charge < -0.3 is 5.32 Å². The van der Waals surface area contributed by atoms with Crippen molar-refractivity contribution in [3.63, 3.8) is 0 Å². The summed E-state index contributed by atoms with van der Waals surface area (Å²) in [7, 11) is 0. The minimum absolute atomic E-state index is 1.03. The van der Waals surface area contributed by atoms with Crippen LogP contribution in [0.15, 0.2) is 0 Å². The summed E-state index contributed by atoms with van der Waals surface area (Å²) in [5, 5.41) is 3.28. The number of hydrogen-bond donors (Lipinski definition) is 2. The third-order valence-electron chi connectivity index (χ3n) is 1.26. The predicted molar refractivity (Wildman–Crippen MR) is 46.2 cm³/mol. The zero-order valence-corrected chi connectivity index (χ0v) is 7.08. The van der Waals surface area contributed by atoms with Gasteiger partial charge in [0, 0.05) is 0 Å². The van der Waals surface area contributed by atoms with Crippen LogP contribution in [0.3, 0.4) is 0 Å². The van der Waals surface area contributed by atoms with E-state index in [9.17, 15) is 0 Å². The lowest BCUT2D eigenvalue weighted by molar-refractivity contribution is 0.636. The van der Waals surface area contributed by atoms with Crippen LogP contribution in [0.1, 0.15) is 26.2 Å². The predicted octanol–water partition coefficient (Wildman–Crippen LogP) is 1.70. The van der Waals surface area contributed by atoms with E-state index in [0.29, 0.717) is 0 Å². The van der Waals surface area contributed by atoms with E-state index < -0.39 is 0 Å². The third-order valence-corrected chi connectivity index (χ3v) is 1.58. The Balaban J connectivity index is 2.60. The van der Waals surface area contributed by atoms with E-state index in [0.717, 1.165) is 12.3 Å². The highest BCUT2D eigenvalue weighted by molar-refractivity contribution is 7.80. The number of rotatable bonds is 6. The Bertz CT molecular complexity index is 42.2. The second kappa shape index (κ2) is 8.31. The Morgan fingerprint density at radius 2 is 2.00 bits per heavy atom. The first-order chi connectivity index (χ1) is 4.41. The van der Waals surface area contributed by atoms with E-state index in [2.05, 4.69) is 24.9 Å². The molecule has 0 radical (unpaired) electrons. The highest BCUT2D eigenvalue weighted by Crippen LogP contribution is 1.94. The van der Waals surface area contributed by atoms with E-state index in [1.807, 2.05) is 0 Å². The highest BCUT2D eigenvalue weighted by atomic mass is 32.1. The quantitative estimate of drug-likeness (QED) is 0.430. The Morgan fingerprint density at radius 3 is 2.56 bits per heavy atom. The fraction of sp³-hybridized carbons (Fsp3) is 1.00. The maximum atomic E-state index is 4.13. The van der Waals surface area contributed by atoms with Crippen molar-refractivity contribution in [3.05, 3.63) is 0 Å². The van der Waals surface area contributed by atoms with Gasteiger partial charge in [0.1, 0.15) is 0 Å². The average Bonchev–Trinajstić information content (AvgIpc) is 1.89. The molecule has 0 heterocycles. The van der Waals surface area contributed by atoms with Crippen molar-refractivity contribution in [1.82, 2.24) is 5.32 Å². The Morgan fingerprint density at radius 1 is 1.22 bits per heavy atom. The van der Waals surface area contributed by atoms with Gasteiger partial charge >= 0.3 is 0 Å². The maximum Gasteiger partial charge on any atom is -0.00490 e. The molecule has 0 fully saturated rings. The van der Waals surface area contributed by atoms with Crippen molar-refractivity contribution in [2.45, 2.75) is 26.2 Å². The van der Waals surface area contributed by atoms with Gasteiger partial charge in [-0.15, -0.1) is 0 Å². The van der Waals surface area contributed by atoms with Crippen LogP contribution in [0.5, 0.6) is 0 Å². The largest absolute Gasteiger partial charge is 0.317 e. The molecule has 0 aromatic carbocycles. The Hall–Kier alpha value is 0.310. The summed E-state index contributed by atoms with van der Waals surface area (Å²) in [5.41, 5.74) is 0. The standard InChI is InChI=1S/C7H17NS/c1-2-8-6-4-3-5-7-9/h8-9H,2-7H2,1H3. The van der Waals surface area contributed by atoms with Crippen molar-refractivity contribution in [3.8, 4) is 0 Å². The monoisotopic (exact) mass is 147 g/mol. The summed E-state index contributed by atoms with van der Waals surface area (Å²) in [5.74, 6) is 1.03. The molecule has 1 nitrogen and oxygen atoms in total. The normalized spacial score (nSPS) is 10.0. The summed E-state index contributed by atoms with van der Waals surface area (Å²) < 4.78 is 0. The van der Waals surface area contributed by atoms with E-state index >= 15 is 0 Å². The Labute approximate surface area is 63.6 Å². The van der Waals surface area contributed by atoms with E-state index in [-0.39, 0.29) is 0 Å². The van der Waals surface area contributed by atoms with Crippen LogP contribution >= 0.6 is 12.6 Å². The molecule has 0 saturated heterocycles. The lowest BCUT2D eigenvalue weighted by atomic mass is 10.2. The topological polar surface area (TPSA) is 12.0 Å².